The second kappa shape index (κ2) is 7.98. The second-order valence-electron chi connectivity index (χ2n) is 8.30. The molecular weight excluding hydrogens is 478 g/mol. The SMILES string of the molecule is Cc1c(Cc2cc3c(cc2C(F)(F)F)S(=O)(=O)N(C)CN3C)c2cc(F)ccc2n1CC(=O)O. The highest BCUT2D eigenvalue weighted by Crippen LogP contribution is 2.42. The first-order valence-corrected chi connectivity index (χ1v) is 11.6. The lowest BCUT2D eigenvalue weighted by Gasteiger charge is -2.34. The Hall–Kier alpha value is -3.12. The Kier molecular flexibility index (Phi) is 5.64. The molecule has 0 unspecified atom stereocenters. The lowest BCUT2D eigenvalue weighted by molar-refractivity contribution is -0.138. The van der Waals surface area contributed by atoms with Crippen LogP contribution < -0.4 is 4.90 Å². The number of carboxylic acids is 1. The number of halogens is 4. The highest BCUT2D eigenvalue weighted by Gasteiger charge is 2.39. The first-order valence-electron chi connectivity index (χ1n) is 10.1. The van der Waals surface area contributed by atoms with Gasteiger partial charge in [-0.05, 0) is 48.4 Å². The standard InChI is InChI=1S/C22H21F4N3O4S/c1-12-15(16-8-14(23)4-5-18(16)29(12)10-21(30)31)6-13-7-19-20(9-17(13)22(24,25)26)34(32,33)28(3)11-27(19)2/h4-5,7-9H,6,10-11H2,1-3H3,(H,30,31). The van der Waals surface area contributed by atoms with Crippen LogP contribution in [-0.2, 0) is 34.0 Å². The lowest BCUT2D eigenvalue weighted by atomic mass is 9.96. The van der Waals surface area contributed by atoms with Gasteiger partial charge < -0.3 is 14.6 Å². The molecule has 1 N–H and O–H groups in total. The molecule has 4 rings (SSSR count). The maximum absolute atomic E-state index is 14.1. The number of carbonyl (C=O) groups is 1. The number of hydrogen-bond donors (Lipinski definition) is 1. The van der Waals surface area contributed by atoms with Gasteiger partial charge in [0.2, 0.25) is 10.0 Å². The summed E-state index contributed by atoms with van der Waals surface area (Å²) in [6.07, 6.45) is -5.16. The summed E-state index contributed by atoms with van der Waals surface area (Å²) in [5.41, 5.74) is -0.0920. The third kappa shape index (κ3) is 3.90. The van der Waals surface area contributed by atoms with E-state index in [1.54, 1.807) is 14.0 Å². The van der Waals surface area contributed by atoms with E-state index in [4.69, 9.17) is 0 Å². The van der Waals surface area contributed by atoms with Crippen LogP contribution in [0, 0.1) is 12.7 Å². The van der Waals surface area contributed by atoms with Gasteiger partial charge in [0.25, 0.3) is 0 Å². The average Bonchev–Trinajstić information content (AvgIpc) is 2.96. The van der Waals surface area contributed by atoms with Crippen molar-refractivity contribution in [3.8, 4) is 0 Å². The molecule has 12 heteroatoms. The molecule has 3 aromatic rings. The normalized spacial score (nSPS) is 16.1. The van der Waals surface area contributed by atoms with Crippen LogP contribution in [0.3, 0.4) is 0 Å². The van der Waals surface area contributed by atoms with Crippen LogP contribution in [0.5, 0.6) is 0 Å². The summed E-state index contributed by atoms with van der Waals surface area (Å²) in [6.45, 7) is 1.08. The molecule has 2 aromatic carbocycles. The molecular formula is C22H21F4N3O4S. The molecule has 34 heavy (non-hydrogen) atoms. The minimum absolute atomic E-state index is 0.0394. The molecule has 0 bridgehead atoms. The molecule has 0 saturated carbocycles. The summed E-state index contributed by atoms with van der Waals surface area (Å²) in [5, 5.41) is 9.57. The number of aromatic nitrogens is 1. The van der Waals surface area contributed by atoms with E-state index in [1.807, 2.05) is 0 Å². The molecule has 1 aliphatic heterocycles. The van der Waals surface area contributed by atoms with Crippen molar-refractivity contribution in [3.05, 3.63) is 58.5 Å². The maximum atomic E-state index is 14.1. The Morgan fingerprint density at radius 2 is 1.82 bits per heavy atom. The summed E-state index contributed by atoms with van der Waals surface area (Å²) in [5.74, 6) is -1.77. The van der Waals surface area contributed by atoms with E-state index in [0.29, 0.717) is 28.2 Å². The van der Waals surface area contributed by atoms with Gasteiger partial charge in [-0.1, -0.05) is 0 Å². The first kappa shape index (κ1) is 24.0. The molecule has 1 aromatic heterocycles. The van der Waals surface area contributed by atoms with E-state index in [2.05, 4.69) is 0 Å². The molecule has 0 atom stereocenters. The van der Waals surface area contributed by atoms with E-state index >= 15 is 0 Å². The van der Waals surface area contributed by atoms with Crippen molar-refractivity contribution in [2.75, 3.05) is 25.7 Å². The number of fused-ring (bicyclic) bond motifs is 2. The fraction of sp³-hybridized carbons (Fsp3) is 0.318. The quantitative estimate of drug-likeness (QED) is 0.552. The lowest BCUT2D eigenvalue weighted by Crippen LogP contribution is -2.42. The Bertz CT molecular complexity index is 1430. The molecule has 182 valence electrons. The summed E-state index contributed by atoms with van der Waals surface area (Å²) >= 11 is 0. The van der Waals surface area contributed by atoms with Gasteiger partial charge in [0.1, 0.15) is 17.3 Å². The highest BCUT2D eigenvalue weighted by molar-refractivity contribution is 7.89. The van der Waals surface area contributed by atoms with Gasteiger partial charge in [0.15, 0.2) is 0 Å². The zero-order valence-electron chi connectivity index (χ0n) is 18.4. The largest absolute Gasteiger partial charge is 0.480 e. The topological polar surface area (TPSA) is 82.9 Å². The Morgan fingerprint density at radius 3 is 2.44 bits per heavy atom. The van der Waals surface area contributed by atoms with E-state index in [1.165, 1.54) is 28.6 Å². The third-order valence-electron chi connectivity index (χ3n) is 6.08. The van der Waals surface area contributed by atoms with Crippen LogP contribution in [0.4, 0.5) is 23.2 Å². The molecule has 0 radical (unpaired) electrons. The smallest absolute Gasteiger partial charge is 0.416 e. The monoisotopic (exact) mass is 499 g/mol. The van der Waals surface area contributed by atoms with Crippen LogP contribution in [-0.4, -0.2) is 49.1 Å². The Morgan fingerprint density at radius 1 is 1.15 bits per heavy atom. The number of aliphatic carboxylic acids is 1. The number of carboxylic acid groups (broad SMARTS) is 1. The van der Waals surface area contributed by atoms with E-state index in [9.17, 15) is 35.9 Å². The van der Waals surface area contributed by atoms with Gasteiger partial charge in [-0.3, -0.25) is 4.79 Å². The van der Waals surface area contributed by atoms with Gasteiger partial charge in [-0.15, -0.1) is 0 Å². The summed E-state index contributed by atoms with van der Waals surface area (Å²) in [4.78, 5) is 12.4. The summed E-state index contributed by atoms with van der Waals surface area (Å²) < 4.78 is 84.0. The molecule has 2 heterocycles. The number of benzene rings is 2. The second-order valence-corrected chi connectivity index (χ2v) is 10.3. The van der Waals surface area contributed by atoms with Crippen molar-refractivity contribution in [3.63, 3.8) is 0 Å². The van der Waals surface area contributed by atoms with Crippen LogP contribution in [0.2, 0.25) is 0 Å². The molecule has 0 spiro atoms. The van der Waals surface area contributed by atoms with E-state index in [-0.39, 0.29) is 24.3 Å². The van der Waals surface area contributed by atoms with Gasteiger partial charge in [-0.2, -0.15) is 17.5 Å². The van der Waals surface area contributed by atoms with Crippen molar-refractivity contribution in [2.45, 2.75) is 31.0 Å². The van der Waals surface area contributed by atoms with E-state index in [0.717, 1.165) is 16.4 Å². The number of nitrogens with zero attached hydrogens (tertiary/aromatic N) is 3. The van der Waals surface area contributed by atoms with Crippen LogP contribution >= 0.6 is 0 Å². The molecule has 0 saturated heterocycles. The average molecular weight is 499 g/mol. The number of anilines is 1. The van der Waals surface area contributed by atoms with Crippen molar-refractivity contribution in [1.82, 2.24) is 8.87 Å². The zero-order valence-corrected chi connectivity index (χ0v) is 19.3. The van der Waals surface area contributed by atoms with Gasteiger partial charge >= 0.3 is 12.1 Å². The number of sulfonamides is 1. The Labute approximate surface area is 192 Å². The third-order valence-corrected chi connectivity index (χ3v) is 7.90. The maximum Gasteiger partial charge on any atom is 0.416 e. The zero-order chi connectivity index (χ0) is 25.2. The van der Waals surface area contributed by atoms with Gasteiger partial charge in [0.05, 0.1) is 17.9 Å². The fourth-order valence-electron chi connectivity index (χ4n) is 4.42. The highest BCUT2D eigenvalue weighted by atomic mass is 32.2. The predicted molar refractivity (Wildman–Crippen MR) is 117 cm³/mol. The number of hydrogen-bond acceptors (Lipinski definition) is 4. The molecule has 0 aliphatic carbocycles. The first-order chi connectivity index (χ1) is 15.7. The van der Waals surface area contributed by atoms with Crippen molar-refractivity contribution < 1.29 is 35.9 Å². The number of alkyl halides is 3. The van der Waals surface area contributed by atoms with Gasteiger partial charge in [0, 0.05) is 37.1 Å². The van der Waals surface area contributed by atoms with E-state index < -0.39 is 45.0 Å². The van der Waals surface area contributed by atoms with Crippen LogP contribution in [0.15, 0.2) is 35.2 Å². The molecule has 0 amide bonds. The van der Waals surface area contributed by atoms with Crippen molar-refractivity contribution >= 4 is 32.6 Å². The van der Waals surface area contributed by atoms with Gasteiger partial charge in [-0.25, -0.2) is 12.8 Å². The predicted octanol–water partition coefficient (Wildman–Crippen LogP) is 3.81. The van der Waals surface area contributed by atoms with Crippen molar-refractivity contribution in [2.24, 2.45) is 0 Å². The Balaban J connectivity index is 1.97. The molecule has 0 fully saturated rings. The van der Waals surface area contributed by atoms with Crippen molar-refractivity contribution in [1.29, 1.82) is 0 Å². The molecule has 1 aliphatic rings. The summed E-state index contributed by atoms with van der Waals surface area (Å²) in [6, 6.07) is 5.53. The fourth-order valence-corrected chi connectivity index (χ4v) is 5.83. The molecule has 7 nitrogen and oxygen atoms in total. The van der Waals surface area contributed by atoms with Crippen LogP contribution in [0.1, 0.15) is 22.4 Å². The summed E-state index contributed by atoms with van der Waals surface area (Å²) in [7, 11) is -1.26. The minimum atomic E-state index is -4.85. The number of rotatable bonds is 4. The minimum Gasteiger partial charge on any atom is -0.480 e. The van der Waals surface area contributed by atoms with Crippen LogP contribution in [0.25, 0.3) is 10.9 Å².